The summed E-state index contributed by atoms with van der Waals surface area (Å²) in [4.78, 5) is 15.1. The van der Waals surface area contributed by atoms with Crippen LogP contribution in [0.25, 0.3) is 33.4 Å². The molecule has 0 atom stereocenters. The van der Waals surface area contributed by atoms with Gasteiger partial charge >= 0.3 is 0 Å². The van der Waals surface area contributed by atoms with Crippen LogP contribution in [-0.2, 0) is 22.8 Å². The summed E-state index contributed by atoms with van der Waals surface area (Å²) in [6.07, 6.45) is 0. The molecule has 0 fully saturated rings. The van der Waals surface area contributed by atoms with Gasteiger partial charge in [0.05, 0.1) is 6.54 Å². The van der Waals surface area contributed by atoms with Crippen LogP contribution in [0.15, 0.2) is 142 Å². The molecule has 52 heavy (non-hydrogen) atoms. The second-order valence-electron chi connectivity index (χ2n) is 16.1. The SMILES string of the molecule is C=NC(=NC(=NCc1ccc2c(c1)-c1ccccc1C2(C)C)c1ccc2c(c1)C(C)(C)c1ccccc1-2)c1ccc2c(c1)-c1ccccc1C2(C)C. The quantitative estimate of drug-likeness (QED) is 0.132. The van der Waals surface area contributed by atoms with Gasteiger partial charge in [-0.05, 0) is 97.2 Å². The van der Waals surface area contributed by atoms with Crippen LogP contribution in [0.1, 0.15) is 91.6 Å². The van der Waals surface area contributed by atoms with E-state index in [1.807, 2.05) is 0 Å². The molecule has 0 N–H and O–H groups in total. The third-order valence-electron chi connectivity index (χ3n) is 12.1. The van der Waals surface area contributed by atoms with Crippen molar-refractivity contribution >= 4 is 18.4 Å². The molecular formula is C49H43N3. The van der Waals surface area contributed by atoms with Gasteiger partial charge in [0, 0.05) is 27.4 Å². The average Bonchev–Trinajstić information content (AvgIpc) is 3.64. The molecule has 0 saturated heterocycles. The second kappa shape index (κ2) is 11.4. The Morgan fingerprint density at radius 2 is 0.885 bits per heavy atom. The molecule has 0 amide bonds. The lowest BCUT2D eigenvalue weighted by molar-refractivity contribution is 0.660. The normalized spacial score (nSPS) is 16.7. The molecule has 0 unspecified atom stereocenters. The van der Waals surface area contributed by atoms with E-state index in [0.29, 0.717) is 18.2 Å². The first kappa shape index (κ1) is 32.3. The summed E-state index contributed by atoms with van der Waals surface area (Å²) >= 11 is 0. The van der Waals surface area contributed by atoms with Crippen LogP contribution < -0.4 is 0 Å². The van der Waals surface area contributed by atoms with Crippen molar-refractivity contribution < 1.29 is 0 Å². The molecule has 0 aromatic heterocycles. The molecule has 9 rings (SSSR count). The number of benzene rings is 6. The zero-order chi connectivity index (χ0) is 36.0. The number of aliphatic imine (C=N–C) groups is 3. The van der Waals surface area contributed by atoms with E-state index in [0.717, 1.165) is 16.7 Å². The Labute approximate surface area is 307 Å². The Hall–Kier alpha value is -5.67. The summed E-state index contributed by atoms with van der Waals surface area (Å²) in [5, 5.41) is 0. The average molecular weight is 674 g/mol. The van der Waals surface area contributed by atoms with Gasteiger partial charge in [0.15, 0.2) is 11.7 Å². The molecule has 0 saturated carbocycles. The fraction of sp³-hybridized carbons (Fsp3) is 0.204. The van der Waals surface area contributed by atoms with Crippen LogP contribution in [0, 0.1) is 0 Å². The van der Waals surface area contributed by atoms with E-state index in [1.54, 1.807) is 0 Å². The Balaban J connectivity index is 1.16. The summed E-state index contributed by atoms with van der Waals surface area (Å²) in [7, 11) is 0. The molecular weight excluding hydrogens is 631 g/mol. The third-order valence-corrected chi connectivity index (χ3v) is 12.1. The van der Waals surface area contributed by atoms with E-state index in [-0.39, 0.29) is 16.2 Å². The van der Waals surface area contributed by atoms with Gasteiger partial charge in [-0.25, -0.2) is 9.98 Å². The minimum atomic E-state index is -0.142. The summed E-state index contributed by atoms with van der Waals surface area (Å²) in [6, 6.07) is 46.4. The number of fused-ring (bicyclic) bond motifs is 9. The molecule has 0 radical (unpaired) electrons. The summed E-state index contributed by atoms with van der Waals surface area (Å²) in [6.45, 7) is 18.4. The smallest absolute Gasteiger partial charge is 0.161 e. The van der Waals surface area contributed by atoms with Crippen LogP contribution in [0.3, 0.4) is 0 Å². The maximum Gasteiger partial charge on any atom is 0.161 e. The molecule has 0 spiro atoms. The van der Waals surface area contributed by atoms with Crippen molar-refractivity contribution in [2.75, 3.05) is 0 Å². The number of nitrogens with zero attached hydrogens (tertiary/aromatic N) is 3. The van der Waals surface area contributed by atoms with Gasteiger partial charge in [-0.1, -0.05) is 151 Å². The van der Waals surface area contributed by atoms with Crippen molar-refractivity contribution in [1.29, 1.82) is 0 Å². The van der Waals surface area contributed by atoms with Gasteiger partial charge in [-0.15, -0.1) is 0 Å². The fourth-order valence-electron chi connectivity index (χ4n) is 9.22. The van der Waals surface area contributed by atoms with Crippen molar-refractivity contribution in [3.63, 3.8) is 0 Å². The second-order valence-corrected chi connectivity index (χ2v) is 16.1. The van der Waals surface area contributed by atoms with E-state index < -0.39 is 0 Å². The van der Waals surface area contributed by atoms with Crippen LogP contribution in [0.4, 0.5) is 0 Å². The van der Waals surface area contributed by atoms with E-state index in [1.165, 1.54) is 66.8 Å². The van der Waals surface area contributed by atoms with E-state index in [2.05, 4.69) is 181 Å². The van der Waals surface area contributed by atoms with Crippen molar-refractivity contribution in [3.8, 4) is 33.4 Å². The summed E-state index contributed by atoms with van der Waals surface area (Å²) in [5.41, 5.74) is 18.5. The van der Waals surface area contributed by atoms with Crippen LogP contribution in [0.5, 0.6) is 0 Å². The Morgan fingerprint density at radius 3 is 1.48 bits per heavy atom. The largest absolute Gasteiger partial charge is 0.261 e. The van der Waals surface area contributed by atoms with E-state index >= 15 is 0 Å². The molecule has 3 nitrogen and oxygen atoms in total. The van der Waals surface area contributed by atoms with Crippen molar-refractivity contribution in [2.45, 2.75) is 64.3 Å². The van der Waals surface area contributed by atoms with Crippen molar-refractivity contribution in [2.24, 2.45) is 15.0 Å². The first-order valence-electron chi connectivity index (χ1n) is 18.3. The third kappa shape index (κ3) is 4.68. The molecule has 0 heterocycles. The Morgan fingerprint density at radius 1 is 0.442 bits per heavy atom. The highest BCUT2D eigenvalue weighted by Gasteiger charge is 2.37. The van der Waals surface area contributed by atoms with Crippen LogP contribution in [-0.4, -0.2) is 18.4 Å². The highest BCUT2D eigenvalue weighted by molar-refractivity contribution is 6.13. The first-order valence-corrected chi connectivity index (χ1v) is 18.3. The molecule has 0 aliphatic heterocycles. The predicted octanol–water partition coefficient (Wildman–Crippen LogP) is 11.7. The van der Waals surface area contributed by atoms with E-state index in [4.69, 9.17) is 9.98 Å². The molecule has 3 aliphatic rings. The lowest BCUT2D eigenvalue weighted by Crippen LogP contribution is -2.16. The molecule has 3 heteroatoms. The molecule has 6 aromatic rings. The zero-order valence-electron chi connectivity index (χ0n) is 30.9. The van der Waals surface area contributed by atoms with Gasteiger partial charge < -0.3 is 0 Å². The topological polar surface area (TPSA) is 37.1 Å². The van der Waals surface area contributed by atoms with Crippen LogP contribution in [0.2, 0.25) is 0 Å². The summed E-state index contributed by atoms with van der Waals surface area (Å²) < 4.78 is 0. The highest BCUT2D eigenvalue weighted by Crippen LogP contribution is 2.51. The van der Waals surface area contributed by atoms with Gasteiger partial charge in [-0.2, -0.15) is 0 Å². The number of hydrogen-bond acceptors (Lipinski definition) is 1. The highest BCUT2D eigenvalue weighted by atomic mass is 15.0. The molecule has 0 bridgehead atoms. The number of amidine groups is 2. The zero-order valence-corrected chi connectivity index (χ0v) is 30.9. The van der Waals surface area contributed by atoms with Crippen molar-refractivity contribution in [1.82, 2.24) is 0 Å². The minimum Gasteiger partial charge on any atom is -0.261 e. The fourth-order valence-corrected chi connectivity index (χ4v) is 9.22. The van der Waals surface area contributed by atoms with Gasteiger partial charge in [0.25, 0.3) is 0 Å². The maximum absolute atomic E-state index is 5.29. The van der Waals surface area contributed by atoms with Crippen molar-refractivity contribution in [3.05, 3.63) is 177 Å². The lowest BCUT2D eigenvalue weighted by Gasteiger charge is -2.22. The number of rotatable bonds is 4. The van der Waals surface area contributed by atoms with Gasteiger partial charge in [0.2, 0.25) is 0 Å². The lowest BCUT2D eigenvalue weighted by atomic mass is 9.82. The molecule has 254 valence electrons. The Kier molecular flexibility index (Phi) is 7.08. The summed E-state index contributed by atoms with van der Waals surface area (Å²) in [5.74, 6) is 1.22. The van der Waals surface area contributed by atoms with Gasteiger partial charge in [-0.3, -0.25) is 4.99 Å². The Bertz CT molecular complexity index is 2540. The van der Waals surface area contributed by atoms with Gasteiger partial charge in [0.1, 0.15) is 0 Å². The monoisotopic (exact) mass is 673 g/mol. The van der Waals surface area contributed by atoms with Crippen LogP contribution >= 0.6 is 0 Å². The maximum atomic E-state index is 5.29. The minimum absolute atomic E-state index is 0.0336. The number of hydrogen-bond donors (Lipinski definition) is 0. The molecule has 3 aliphatic carbocycles. The standard InChI is InChI=1S/C49H43N3/c1-47(2)40-18-12-9-15-34(40)37-26-30(20-24-42(37)47)29-51-46(32-21-23-36-33-14-8-11-17-39(33)49(5,6)44(36)28-32)52-45(50-7)31-22-25-43-38(27-31)35-16-10-13-19-41(35)48(43,3)4/h8-28H,7,29H2,1-6H3. The first-order chi connectivity index (χ1) is 25.0. The predicted molar refractivity (Wildman–Crippen MR) is 218 cm³/mol. The van der Waals surface area contributed by atoms with E-state index in [9.17, 15) is 0 Å². The molecule has 6 aromatic carbocycles.